The Morgan fingerprint density at radius 1 is 1.38 bits per heavy atom. The Kier molecular flexibility index (Phi) is 5.59. The number of nitrogens with one attached hydrogen (secondary N) is 2. The van der Waals surface area contributed by atoms with E-state index in [0.29, 0.717) is 0 Å². The number of hydroxylamine groups is 1. The minimum Gasteiger partial charge on any atom is -0.464 e. The third kappa shape index (κ3) is 9.07. The number of carbonyl (C=O) groups excluding carboxylic acids is 1. The lowest BCUT2D eigenvalue weighted by Gasteiger charge is -2.20. The molecule has 0 aromatic carbocycles. The molecule has 0 aromatic heterocycles. The number of hydrogen-bond acceptors (Lipinski definition) is 4. The van der Waals surface area contributed by atoms with Crippen molar-refractivity contribution < 1.29 is 24.3 Å². The molecule has 0 fully saturated rings. The van der Waals surface area contributed by atoms with Crippen LogP contribution in [0.1, 0.15) is 27.7 Å². The van der Waals surface area contributed by atoms with Crippen LogP contribution in [-0.2, 0) is 9.57 Å². The van der Waals surface area contributed by atoms with Crippen LogP contribution < -0.4 is 10.8 Å². The van der Waals surface area contributed by atoms with Gasteiger partial charge in [-0.15, -0.1) is 0 Å². The average molecular weight is 234 g/mol. The van der Waals surface area contributed by atoms with Crippen molar-refractivity contribution in [3.63, 3.8) is 0 Å². The van der Waals surface area contributed by atoms with Crippen LogP contribution in [0.25, 0.3) is 0 Å². The monoisotopic (exact) mass is 234 g/mol. The van der Waals surface area contributed by atoms with E-state index in [1.54, 1.807) is 33.2 Å². The molecule has 16 heavy (non-hydrogen) atoms. The molecule has 0 aliphatic rings. The van der Waals surface area contributed by atoms with Gasteiger partial charge in [-0.2, -0.15) is 5.48 Å². The number of amides is 2. The second-order valence-electron chi connectivity index (χ2n) is 4.22. The topological polar surface area (TPSA) is 96.9 Å². The van der Waals surface area contributed by atoms with Gasteiger partial charge in [0.2, 0.25) is 0 Å². The lowest BCUT2D eigenvalue weighted by Crippen LogP contribution is -2.39. The molecule has 7 heteroatoms. The molecule has 2 amide bonds. The first-order valence-corrected chi connectivity index (χ1v) is 4.82. The van der Waals surface area contributed by atoms with Crippen molar-refractivity contribution in [1.29, 1.82) is 0 Å². The van der Waals surface area contributed by atoms with E-state index in [1.165, 1.54) is 0 Å². The highest BCUT2D eigenvalue weighted by molar-refractivity contribution is 5.67. The minimum absolute atomic E-state index is 0.148. The number of ether oxygens (including phenoxy) is 1. The Bertz CT molecular complexity index is 249. The second-order valence-corrected chi connectivity index (χ2v) is 4.22. The zero-order valence-electron chi connectivity index (χ0n) is 9.86. The molecular formula is C9H18N2O5. The fourth-order valence-corrected chi connectivity index (χ4v) is 0.734. The van der Waals surface area contributed by atoms with Crippen LogP contribution >= 0.6 is 0 Å². The largest absolute Gasteiger partial charge is 0.464 e. The van der Waals surface area contributed by atoms with Gasteiger partial charge in [-0.1, -0.05) is 0 Å². The fraction of sp³-hybridized carbons (Fsp3) is 0.778. The summed E-state index contributed by atoms with van der Waals surface area (Å²) in [5, 5.41) is 10.7. The molecule has 3 N–H and O–H groups in total. The summed E-state index contributed by atoms with van der Waals surface area (Å²) < 4.78 is 4.97. The van der Waals surface area contributed by atoms with Crippen LogP contribution in [0.3, 0.4) is 0 Å². The van der Waals surface area contributed by atoms with Crippen molar-refractivity contribution in [3.8, 4) is 0 Å². The number of carboxylic acid groups (broad SMARTS) is 1. The van der Waals surface area contributed by atoms with E-state index in [1.807, 2.05) is 0 Å². The Morgan fingerprint density at radius 3 is 2.38 bits per heavy atom. The van der Waals surface area contributed by atoms with Gasteiger partial charge in [-0.05, 0) is 27.7 Å². The first-order chi connectivity index (χ1) is 7.20. The molecule has 94 valence electrons. The van der Waals surface area contributed by atoms with Gasteiger partial charge in [-0.25, -0.2) is 9.59 Å². The molecule has 0 radical (unpaired) electrons. The van der Waals surface area contributed by atoms with Crippen LogP contribution in [-0.4, -0.2) is 35.5 Å². The van der Waals surface area contributed by atoms with Crippen molar-refractivity contribution in [2.75, 3.05) is 6.54 Å². The molecule has 0 rings (SSSR count). The molecule has 0 heterocycles. The summed E-state index contributed by atoms with van der Waals surface area (Å²) in [6, 6.07) is 0. The summed E-state index contributed by atoms with van der Waals surface area (Å²) in [7, 11) is 0. The predicted molar refractivity (Wildman–Crippen MR) is 55.9 cm³/mol. The maximum Gasteiger partial charge on any atom is 0.428 e. The standard InChI is InChI=1S/C9H18N2O5/c1-6(16-11-7(12)13)5-10-8(14)15-9(2,3)4/h6,11H,5H2,1-4H3,(H,10,14)(H,12,13)/t6-/m0/s1. The lowest BCUT2D eigenvalue weighted by atomic mass is 10.2. The maximum absolute atomic E-state index is 11.2. The quantitative estimate of drug-likeness (QED) is 0.633. The predicted octanol–water partition coefficient (Wildman–Crippen LogP) is 1.10. The first kappa shape index (κ1) is 14.5. The van der Waals surface area contributed by atoms with Gasteiger partial charge in [0.15, 0.2) is 0 Å². The molecule has 0 aliphatic carbocycles. The Hall–Kier alpha value is -1.50. The SMILES string of the molecule is C[C@@H](CNC(=O)OC(C)(C)C)ONC(=O)O. The molecule has 0 aliphatic heterocycles. The zero-order chi connectivity index (χ0) is 12.8. The Balaban J connectivity index is 3.71. The molecule has 7 nitrogen and oxygen atoms in total. The third-order valence-electron chi connectivity index (χ3n) is 1.28. The van der Waals surface area contributed by atoms with Crippen molar-refractivity contribution in [3.05, 3.63) is 0 Å². The van der Waals surface area contributed by atoms with E-state index in [4.69, 9.17) is 9.84 Å². The summed E-state index contributed by atoms with van der Waals surface area (Å²) >= 11 is 0. The molecule has 0 saturated carbocycles. The van der Waals surface area contributed by atoms with E-state index in [0.717, 1.165) is 0 Å². The Morgan fingerprint density at radius 2 is 1.94 bits per heavy atom. The number of alkyl carbamates (subject to hydrolysis) is 1. The normalized spacial score (nSPS) is 12.8. The van der Waals surface area contributed by atoms with Crippen molar-refractivity contribution in [2.45, 2.75) is 39.4 Å². The molecule has 0 bridgehead atoms. The summed E-state index contributed by atoms with van der Waals surface area (Å²) in [4.78, 5) is 25.9. The van der Waals surface area contributed by atoms with Gasteiger partial charge in [0, 0.05) is 6.54 Å². The Labute approximate surface area is 94.1 Å². The highest BCUT2D eigenvalue weighted by Crippen LogP contribution is 2.06. The van der Waals surface area contributed by atoms with Gasteiger partial charge >= 0.3 is 12.2 Å². The second kappa shape index (κ2) is 6.16. The smallest absolute Gasteiger partial charge is 0.428 e. The van der Waals surface area contributed by atoms with E-state index < -0.39 is 23.9 Å². The number of rotatable bonds is 4. The molecule has 0 aromatic rings. The minimum atomic E-state index is -1.29. The highest BCUT2D eigenvalue weighted by Gasteiger charge is 2.16. The van der Waals surface area contributed by atoms with Crippen LogP contribution in [0.15, 0.2) is 0 Å². The van der Waals surface area contributed by atoms with Crippen LogP contribution in [0.4, 0.5) is 9.59 Å². The van der Waals surface area contributed by atoms with E-state index in [9.17, 15) is 9.59 Å². The molecule has 1 atom stereocenters. The maximum atomic E-state index is 11.2. The van der Waals surface area contributed by atoms with Gasteiger partial charge in [0.25, 0.3) is 0 Å². The van der Waals surface area contributed by atoms with Gasteiger partial charge in [0.05, 0.1) is 0 Å². The van der Waals surface area contributed by atoms with E-state index >= 15 is 0 Å². The van der Waals surface area contributed by atoms with E-state index in [2.05, 4.69) is 10.2 Å². The summed E-state index contributed by atoms with van der Waals surface area (Å²) in [6.07, 6.45) is -2.34. The number of hydrogen-bond donors (Lipinski definition) is 3. The van der Waals surface area contributed by atoms with E-state index in [-0.39, 0.29) is 6.54 Å². The van der Waals surface area contributed by atoms with Crippen molar-refractivity contribution in [1.82, 2.24) is 10.8 Å². The average Bonchev–Trinajstić information content (AvgIpc) is 2.08. The van der Waals surface area contributed by atoms with Gasteiger partial charge in [0.1, 0.15) is 11.7 Å². The van der Waals surface area contributed by atoms with Gasteiger partial charge in [-0.3, -0.25) is 4.84 Å². The number of carbonyl (C=O) groups is 2. The summed E-state index contributed by atoms with van der Waals surface area (Å²) in [5.74, 6) is 0. The van der Waals surface area contributed by atoms with Crippen LogP contribution in [0, 0.1) is 0 Å². The van der Waals surface area contributed by atoms with Crippen molar-refractivity contribution in [2.24, 2.45) is 0 Å². The zero-order valence-corrected chi connectivity index (χ0v) is 9.86. The molecule has 0 saturated heterocycles. The molecular weight excluding hydrogens is 216 g/mol. The summed E-state index contributed by atoms with van der Waals surface area (Å²) in [6.45, 7) is 7.00. The third-order valence-corrected chi connectivity index (χ3v) is 1.28. The first-order valence-electron chi connectivity index (χ1n) is 4.82. The van der Waals surface area contributed by atoms with Gasteiger partial charge < -0.3 is 15.2 Å². The van der Waals surface area contributed by atoms with Crippen molar-refractivity contribution >= 4 is 12.2 Å². The lowest BCUT2D eigenvalue weighted by molar-refractivity contribution is -0.00811. The summed E-state index contributed by atoms with van der Waals surface area (Å²) in [5.41, 5.74) is 1.18. The fourth-order valence-electron chi connectivity index (χ4n) is 0.734. The molecule has 0 spiro atoms. The van der Waals surface area contributed by atoms with Crippen LogP contribution in [0.2, 0.25) is 0 Å². The highest BCUT2D eigenvalue weighted by atomic mass is 16.7. The van der Waals surface area contributed by atoms with Crippen LogP contribution in [0.5, 0.6) is 0 Å². The molecule has 0 unspecified atom stereocenters.